The van der Waals surface area contributed by atoms with Crippen LogP contribution in [0.1, 0.15) is 91.4 Å². The highest BCUT2D eigenvalue weighted by Gasteiger charge is 2.56. The van der Waals surface area contributed by atoms with E-state index in [0.717, 1.165) is 32.1 Å². The van der Waals surface area contributed by atoms with Gasteiger partial charge in [0, 0.05) is 6.61 Å². The molecule has 0 saturated heterocycles. The van der Waals surface area contributed by atoms with Crippen molar-refractivity contribution >= 4 is 0 Å². The van der Waals surface area contributed by atoms with Gasteiger partial charge in [-0.25, -0.2) is 0 Å². The normalized spacial score (nSPS) is 44.2. The monoisotopic (exact) mass is 388 g/mol. The molecule has 3 saturated carbocycles. The summed E-state index contributed by atoms with van der Waals surface area (Å²) >= 11 is 0. The van der Waals surface area contributed by atoms with Gasteiger partial charge in [-0.05, 0) is 92.3 Å². The van der Waals surface area contributed by atoms with E-state index < -0.39 is 0 Å². The summed E-state index contributed by atoms with van der Waals surface area (Å²) in [4.78, 5) is 0. The topological polar surface area (TPSA) is 40.5 Å². The lowest BCUT2D eigenvalue weighted by atomic mass is 9.49. The molecule has 0 aliphatic heterocycles. The first-order valence-corrected chi connectivity index (χ1v) is 12.0. The van der Waals surface area contributed by atoms with E-state index in [2.05, 4.69) is 39.5 Å². The molecule has 3 aliphatic carbocycles. The molecular formula is C26H44O2. The summed E-state index contributed by atoms with van der Waals surface area (Å²) in [6.07, 6.45) is 17.3. The summed E-state index contributed by atoms with van der Waals surface area (Å²) in [7, 11) is 0. The van der Waals surface area contributed by atoms with Crippen LogP contribution >= 0.6 is 0 Å². The Labute approximate surface area is 173 Å². The van der Waals surface area contributed by atoms with Gasteiger partial charge in [0.1, 0.15) is 0 Å². The lowest BCUT2D eigenvalue weighted by Gasteiger charge is -2.56. The van der Waals surface area contributed by atoms with Crippen molar-refractivity contribution in [3.8, 4) is 0 Å². The van der Waals surface area contributed by atoms with Crippen molar-refractivity contribution in [3.05, 3.63) is 24.3 Å². The quantitative estimate of drug-likeness (QED) is 0.398. The molecule has 2 N–H and O–H groups in total. The van der Waals surface area contributed by atoms with Crippen LogP contribution in [-0.2, 0) is 0 Å². The third-order valence-electron chi connectivity index (χ3n) is 9.18. The van der Waals surface area contributed by atoms with E-state index in [-0.39, 0.29) is 16.9 Å². The number of hydrogen-bond acceptors (Lipinski definition) is 2. The third-order valence-corrected chi connectivity index (χ3v) is 9.18. The highest BCUT2D eigenvalue weighted by molar-refractivity contribution is 5.21. The van der Waals surface area contributed by atoms with Crippen LogP contribution in [0.5, 0.6) is 0 Å². The van der Waals surface area contributed by atoms with Gasteiger partial charge in [0.25, 0.3) is 0 Å². The van der Waals surface area contributed by atoms with Crippen LogP contribution in [-0.4, -0.2) is 22.9 Å². The zero-order chi connectivity index (χ0) is 20.4. The minimum atomic E-state index is -0.161. The van der Waals surface area contributed by atoms with Crippen LogP contribution in [0.15, 0.2) is 24.3 Å². The molecule has 0 radical (unpaired) electrons. The van der Waals surface area contributed by atoms with Crippen molar-refractivity contribution in [2.75, 3.05) is 6.61 Å². The maximum absolute atomic E-state index is 10.5. The van der Waals surface area contributed by atoms with Gasteiger partial charge in [-0.2, -0.15) is 0 Å². The largest absolute Gasteiger partial charge is 0.396 e. The van der Waals surface area contributed by atoms with E-state index in [0.29, 0.717) is 30.3 Å². The van der Waals surface area contributed by atoms with E-state index >= 15 is 0 Å². The van der Waals surface area contributed by atoms with Crippen molar-refractivity contribution in [1.29, 1.82) is 0 Å². The summed E-state index contributed by atoms with van der Waals surface area (Å²) in [5.41, 5.74) is 1.85. The second-order valence-corrected chi connectivity index (χ2v) is 10.6. The Balaban J connectivity index is 1.80. The number of aliphatic hydroxyl groups excluding tert-OH is 2. The van der Waals surface area contributed by atoms with Crippen LogP contribution in [0.4, 0.5) is 0 Å². The summed E-state index contributed by atoms with van der Waals surface area (Å²) in [5.74, 6) is 1.96. The van der Waals surface area contributed by atoms with Gasteiger partial charge in [-0.1, -0.05) is 57.9 Å². The molecule has 7 atom stereocenters. The first kappa shape index (κ1) is 22.1. The molecule has 3 fully saturated rings. The number of hydrogen-bond donors (Lipinski definition) is 2. The number of aliphatic hydroxyl groups is 2. The first-order chi connectivity index (χ1) is 13.4. The fourth-order valence-electron chi connectivity index (χ4n) is 7.14. The molecule has 160 valence electrons. The molecule has 2 nitrogen and oxygen atoms in total. The molecule has 3 aliphatic rings. The van der Waals surface area contributed by atoms with Gasteiger partial charge in [-0.15, -0.1) is 0 Å². The van der Waals surface area contributed by atoms with Crippen molar-refractivity contribution in [1.82, 2.24) is 0 Å². The number of allylic oxidation sites excluding steroid dienone is 3. The zero-order valence-corrected chi connectivity index (χ0v) is 18.6. The first-order valence-electron chi connectivity index (χ1n) is 12.0. The zero-order valence-electron chi connectivity index (χ0n) is 18.6. The van der Waals surface area contributed by atoms with Gasteiger partial charge in [0.2, 0.25) is 0 Å². The molecular weight excluding hydrogens is 344 g/mol. The molecule has 7 unspecified atom stereocenters. The van der Waals surface area contributed by atoms with E-state index in [1.807, 2.05) is 0 Å². The van der Waals surface area contributed by atoms with Gasteiger partial charge < -0.3 is 10.2 Å². The van der Waals surface area contributed by atoms with E-state index in [4.69, 9.17) is 0 Å². The fourth-order valence-corrected chi connectivity index (χ4v) is 7.14. The molecule has 0 aromatic carbocycles. The predicted octanol–water partition coefficient (Wildman–Crippen LogP) is 6.28. The number of unbranched alkanes of at least 4 members (excludes halogenated alkanes) is 3. The predicted molar refractivity (Wildman–Crippen MR) is 118 cm³/mol. The van der Waals surface area contributed by atoms with Gasteiger partial charge in [-0.3, -0.25) is 0 Å². The maximum Gasteiger partial charge on any atom is 0.0546 e. The standard InChI is InChI=1S/C26H44O2/c1-5-6-7-8-9-10-20-17-21(28)13-15-26(20,4)24-14-16-25(3)19(2)11-12-23(25)22(24)18-27/h9-10,20-24,27-28H,2,5-8,11-18H2,1,3-4H3. The van der Waals surface area contributed by atoms with Crippen LogP contribution in [0.3, 0.4) is 0 Å². The minimum absolute atomic E-state index is 0.161. The van der Waals surface area contributed by atoms with Gasteiger partial charge >= 0.3 is 0 Å². The third kappa shape index (κ3) is 4.01. The Morgan fingerprint density at radius 3 is 2.61 bits per heavy atom. The van der Waals surface area contributed by atoms with Crippen LogP contribution in [0, 0.1) is 34.5 Å². The summed E-state index contributed by atoms with van der Waals surface area (Å²) in [6.45, 7) is 11.8. The summed E-state index contributed by atoms with van der Waals surface area (Å²) in [5, 5.41) is 20.9. The average molecular weight is 389 g/mol. The molecule has 0 amide bonds. The van der Waals surface area contributed by atoms with Crippen molar-refractivity contribution < 1.29 is 10.2 Å². The summed E-state index contributed by atoms with van der Waals surface area (Å²) in [6, 6.07) is 0. The van der Waals surface area contributed by atoms with Crippen molar-refractivity contribution in [2.24, 2.45) is 34.5 Å². The summed E-state index contributed by atoms with van der Waals surface area (Å²) < 4.78 is 0. The Morgan fingerprint density at radius 2 is 1.89 bits per heavy atom. The lowest BCUT2D eigenvalue weighted by molar-refractivity contribution is -0.0825. The molecule has 0 aromatic heterocycles. The Kier molecular flexibility index (Phi) is 7.14. The maximum atomic E-state index is 10.5. The van der Waals surface area contributed by atoms with E-state index in [9.17, 15) is 10.2 Å². The molecule has 2 heteroatoms. The SMILES string of the molecule is C=C1CCC2C(CO)C(C3(C)CCC(O)CC3C=CCCCCC)CCC12C. The van der Waals surface area contributed by atoms with Gasteiger partial charge in [0.15, 0.2) is 0 Å². The number of fused-ring (bicyclic) bond motifs is 1. The minimum Gasteiger partial charge on any atom is -0.396 e. The van der Waals surface area contributed by atoms with Crippen LogP contribution in [0.2, 0.25) is 0 Å². The molecule has 28 heavy (non-hydrogen) atoms. The molecule has 0 spiro atoms. The van der Waals surface area contributed by atoms with E-state index in [1.54, 1.807) is 0 Å². The second kappa shape index (κ2) is 9.04. The smallest absolute Gasteiger partial charge is 0.0546 e. The van der Waals surface area contributed by atoms with Gasteiger partial charge in [0.05, 0.1) is 6.10 Å². The molecule has 0 heterocycles. The highest BCUT2D eigenvalue weighted by Crippen LogP contribution is 2.63. The molecule has 0 aromatic rings. The average Bonchev–Trinajstić information content (AvgIpc) is 2.98. The van der Waals surface area contributed by atoms with E-state index in [1.165, 1.54) is 44.1 Å². The van der Waals surface area contributed by atoms with Crippen molar-refractivity contribution in [3.63, 3.8) is 0 Å². The number of rotatable bonds is 7. The highest BCUT2D eigenvalue weighted by atomic mass is 16.3. The lowest BCUT2D eigenvalue weighted by Crippen LogP contribution is -2.50. The second-order valence-electron chi connectivity index (χ2n) is 10.6. The van der Waals surface area contributed by atoms with Crippen LogP contribution in [0.25, 0.3) is 0 Å². The van der Waals surface area contributed by atoms with Crippen LogP contribution < -0.4 is 0 Å². The Hall–Kier alpha value is -0.600. The molecule has 0 bridgehead atoms. The fraction of sp³-hybridized carbons (Fsp3) is 0.846. The Morgan fingerprint density at radius 1 is 1.11 bits per heavy atom. The molecule has 3 rings (SSSR count). The Bertz CT molecular complexity index is 567. The van der Waals surface area contributed by atoms with Crippen molar-refractivity contribution in [2.45, 2.75) is 97.5 Å².